The van der Waals surface area contributed by atoms with Crippen LogP contribution in [-0.2, 0) is 19.3 Å². The van der Waals surface area contributed by atoms with Crippen molar-refractivity contribution in [2.75, 3.05) is 23.7 Å². The Morgan fingerprint density at radius 1 is 1.30 bits per heavy atom. The summed E-state index contributed by atoms with van der Waals surface area (Å²) in [5.41, 5.74) is 3.61. The van der Waals surface area contributed by atoms with Gasteiger partial charge < -0.3 is 10.6 Å². The molecule has 0 amide bonds. The lowest BCUT2D eigenvalue weighted by Crippen LogP contribution is -2.14. The average molecular weight is 376 g/mol. The van der Waals surface area contributed by atoms with Crippen LogP contribution in [-0.4, -0.2) is 28.0 Å². The Bertz CT molecular complexity index is 674. The number of aryl methyl sites for hydroxylation is 3. The zero-order chi connectivity index (χ0) is 16.1. The van der Waals surface area contributed by atoms with Gasteiger partial charge in [0.2, 0.25) is 5.95 Å². The fraction of sp³-hybridized carbons (Fsp3) is 0.471. The number of fused-ring (bicyclic) bond motifs is 1. The van der Waals surface area contributed by atoms with Gasteiger partial charge in [-0.1, -0.05) is 13.0 Å². The van der Waals surface area contributed by atoms with Crippen molar-refractivity contribution >= 4 is 27.7 Å². The van der Waals surface area contributed by atoms with Crippen LogP contribution in [0.25, 0.3) is 0 Å². The Kier molecular flexibility index (Phi) is 5.43. The zero-order valence-electron chi connectivity index (χ0n) is 13.4. The maximum atomic E-state index is 4.72. The van der Waals surface area contributed by atoms with E-state index in [2.05, 4.69) is 55.6 Å². The van der Waals surface area contributed by atoms with Gasteiger partial charge in [0.25, 0.3) is 0 Å². The summed E-state index contributed by atoms with van der Waals surface area (Å²) in [6, 6.07) is 4.36. The highest BCUT2D eigenvalue weighted by atomic mass is 79.9. The van der Waals surface area contributed by atoms with Crippen LogP contribution < -0.4 is 10.6 Å². The molecule has 3 heterocycles. The molecular weight excluding hydrogens is 354 g/mol. The highest BCUT2D eigenvalue weighted by Crippen LogP contribution is 2.20. The van der Waals surface area contributed by atoms with E-state index in [-0.39, 0.29) is 0 Å². The van der Waals surface area contributed by atoms with Gasteiger partial charge in [0.1, 0.15) is 10.4 Å². The van der Waals surface area contributed by atoms with Gasteiger partial charge in [-0.25, -0.2) is 15.0 Å². The van der Waals surface area contributed by atoms with Gasteiger partial charge in [-0.15, -0.1) is 0 Å². The molecule has 0 aromatic carbocycles. The largest absolute Gasteiger partial charge is 0.370 e. The van der Waals surface area contributed by atoms with Crippen LogP contribution in [0.1, 0.15) is 36.6 Å². The number of aromatic nitrogens is 3. The lowest BCUT2D eigenvalue weighted by Gasteiger charge is -2.17. The van der Waals surface area contributed by atoms with Crippen LogP contribution in [0.5, 0.6) is 0 Å². The molecule has 0 aliphatic carbocycles. The molecule has 0 unspecified atom stereocenters. The number of pyridine rings is 1. The van der Waals surface area contributed by atoms with Crippen molar-refractivity contribution in [1.82, 2.24) is 15.0 Å². The van der Waals surface area contributed by atoms with Gasteiger partial charge in [-0.05, 0) is 59.7 Å². The molecule has 1 aliphatic heterocycles. The first-order chi connectivity index (χ1) is 11.3. The molecule has 122 valence electrons. The molecule has 6 heteroatoms. The molecule has 0 atom stereocenters. The van der Waals surface area contributed by atoms with Crippen LogP contribution in [0.4, 0.5) is 11.8 Å². The fourth-order valence-electron chi connectivity index (χ4n) is 2.69. The summed E-state index contributed by atoms with van der Waals surface area (Å²) in [7, 11) is 0. The van der Waals surface area contributed by atoms with Gasteiger partial charge >= 0.3 is 0 Å². The Morgan fingerprint density at radius 3 is 3.04 bits per heavy atom. The number of hydrogen-bond donors (Lipinski definition) is 2. The van der Waals surface area contributed by atoms with Crippen molar-refractivity contribution in [1.29, 1.82) is 0 Å². The third-order valence-corrected chi connectivity index (χ3v) is 4.72. The number of nitrogens with zero attached hydrogens (tertiary/aromatic N) is 3. The first-order valence-electron chi connectivity index (χ1n) is 8.24. The van der Waals surface area contributed by atoms with E-state index in [0.29, 0.717) is 5.95 Å². The summed E-state index contributed by atoms with van der Waals surface area (Å²) in [4.78, 5) is 13.5. The third kappa shape index (κ3) is 4.19. The number of anilines is 2. The standard InChI is InChI=1S/C17H22BrN5/c1-2-12-11-21-17(23-15(12)18)20-10-4-6-14-8-7-13-5-3-9-19-16(13)22-14/h7-8,11H,2-6,9-10H2,1H3,(H,19,22)(H,20,21,23). The van der Waals surface area contributed by atoms with Crippen LogP contribution >= 0.6 is 15.9 Å². The molecule has 0 fully saturated rings. The molecule has 0 bridgehead atoms. The molecule has 0 spiro atoms. The monoisotopic (exact) mass is 375 g/mol. The highest BCUT2D eigenvalue weighted by molar-refractivity contribution is 9.10. The summed E-state index contributed by atoms with van der Waals surface area (Å²) in [6.07, 6.45) is 7.09. The maximum absolute atomic E-state index is 4.72. The molecule has 0 radical (unpaired) electrons. The Morgan fingerprint density at radius 2 is 2.22 bits per heavy atom. The minimum absolute atomic E-state index is 0.675. The predicted molar refractivity (Wildman–Crippen MR) is 97.0 cm³/mol. The normalized spacial score (nSPS) is 13.3. The molecule has 5 nitrogen and oxygen atoms in total. The summed E-state index contributed by atoms with van der Waals surface area (Å²) < 4.78 is 0.875. The summed E-state index contributed by atoms with van der Waals surface area (Å²) in [6.45, 7) is 3.96. The van der Waals surface area contributed by atoms with E-state index < -0.39 is 0 Å². The Hall–Kier alpha value is -1.69. The van der Waals surface area contributed by atoms with Gasteiger partial charge in [0, 0.05) is 30.5 Å². The van der Waals surface area contributed by atoms with Crippen LogP contribution in [0, 0.1) is 0 Å². The first kappa shape index (κ1) is 16.2. The topological polar surface area (TPSA) is 62.7 Å². The second-order valence-corrected chi connectivity index (χ2v) is 6.49. The Balaban J connectivity index is 1.49. The molecule has 0 saturated heterocycles. The maximum Gasteiger partial charge on any atom is 0.223 e. The van der Waals surface area contributed by atoms with Crippen LogP contribution in [0.2, 0.25) is 0 Å². The summed E-state index contributed by atoms with van der Waals surface area (Å²) in [5, 5.41) is 6.66. The summed E-state index contributed by atoms with van der Waals surface area (Å²) >= 11 is 3.48. The van der Waals surface area contributed by atoms with E-state index in [0.717, 1.165) is 60.5 Å². The number of halogens is 1. The molecule has 1 aliphatic rings. The van der Waals surface area contributed by atoms with Gasteiger partial charge in [-0.2, -0.15) is 0 Å². The quantitative estimate of drug-likeness (QED) is 0.596. The van der Waals surface area contributed by atoms with Crippen molar-refractivity contribution in [3.05, 3.63) is 39.8 Å². The average Bonchev–Trinajstić information content (AvgIpc) is 2.59. The number of nitrogens with one attached hydrogen (secondary N) is 2. The minimum Gasteiger partial charge on any atom is -0.370 e. The van der Waals surface area contributed by atoms with E-state index in [1.807, 2.05) is 6.20 Å². The van der Waals surface area contributed by atoms with Crippen molar-refractivity contribution in [2.24, 2.45) is 0 Å². The van der Waals surface area contributed by atoms with Crippen LogP contribution in [0.3, 0.4) is 0 Å². The molecule has 2 N–H and O–H groups in total. The van der Waals surface area contributed by atoms with Crippen molar-refractivity contribution in [3.8, 4) is 0 Å². The smallest absolute Gasteiger partial charge is 0.223 e. The molecule has 2 aromatic rings. The SMILES string of the molecule is CCc1cnc(NCCCc2ccc3c(n2)NCCC3)nc1Br. The van der Waals surface area contributed by atoms with Gasteiger partial charge in [-0.3, -0.25) is 0 Å². The second-order valence-electron chi connectivity index (χ2n) is 5.73. The lowest BCUT2D eigenvalue weighted by atomic mass is 10.1. The van der Waals surface area contributed by atoms with Crippen LogP contribution in [0.15, 0.2) is 22.9 Å². The molecule has 2 aromatic heterocycles. The van der Waals surface area contributed by atoms with Gasteiger partial charge in [0.05, 0.1) is 0 Å². The molecular formula is C17H22BrN5. The van der Waals surface area contributed by atoms with Gasteiger partial charge in [0.15, 0.2) is 0 Å². The minimum atomic E-state index is 0.675. The van der Waals surface area contributed by atoms with Crippen molar-refractivity contribution in [2.45, 2.75) is 39.0 Å². The van der Waals surface area contributed by atoms with Crippen molar-refractivity contribution < 1.29 is 0 Å². The number of hydrogen-bond acceptors (Lipinski definition) is 5. The fourth-order valence-corrected chi connectivity index (χ4v) is 3.24. The van der Waals surface area contributed by atoms with E-state index in [1.54, 1.807) is 0 Å². The van der Waals surface area contributed by atoms with E-state index in [9.17, 15) is 0 Å². The molecule has 3 rings (SSSR count). The van der Waals surface area contributed by atoms with E-state index in [4.69, 9.17) is 4.98 Å². The zero-order valence-corrected chi connectivity index (χ0v) is 15.0. The third-order valence-electron chi connectivity index (χ3n) is 4.04. The van der Waals surface area contributed by atoms with E-state index in [1.165, 1.54) is 12.0 Å². The van der Waals surface area contributed by atoms with Crippen molar-refractivity contribution in [3.63, 3.8) is 0 Å². The molecule has 23 heavy (non-hydrogen) atoms. The van der Waals surface area contributed by atoms with E-state index >= 15 is 0 Å². The highest BCUT2D eigenvalue weighted by Gasteiger charge is 2.10. The molecule has 0 saturated carbocycles. The predicted octanol–water partition coefficient (Wildman–Crippen LogP) is 3.60. The lowest BCUT2D eigenvalue weighted by molar-refractivity contribution is 0.792. The number of rotatable bonds is 6. The summed E-state index contributed by atoms with van der Waals surface area (Å²) in [5.74, 6) is 1.75. The second kappa shape index (κ2) is 7.73. The first-order valence-corrected chi connectivity index (χ1v) is 9.03. The Labute approximate surface area is 145 Å².